The Hall–Kier alpha value is -0.530. The number of unbranched alkanes of at least 4 members (excludes halogenated alkanes) is 18. The van der Waals surface area contributed by atoms with Gasteiger partial charge in [-0.05, 0) is 31.6 Å². The Balaban J connectivity index is 2.49. The predicted octanol–water partition coefficient (Wildman–Crippen LogP) is 11.2. The van der Waals surface area contributed by atoms with Crippen molar-refractivity contribution in [3.63, 3.8) is 0 Å². The summed E-state index contributed by atoms with van der Waals surface area (Å²) < 4.78 is 1.31. The molecule has 206 valence electrons. The number of terminal acetylenes is 1. The Morgan fingerprint density at radius 1 is 0.611 bits per heavy atom. The Kier molecular flexibility index (Phi) is 21.9. The van der Waals surface area contributed by atoms with Crippen LogP contribution >= 0.6 is 22.6 Å². The highest BCUT2D eigenvalue weighted by Gasteiger charge is 2.33. The monoisotopic (exact) mass is 608 g/mol. The fraction of sp³-hybridized carbons (Fsp3) is 0.765. The quantitative estimate of drug-likeness (QED) is 0.0259. The van der Waals surface area contributed by atoms with Crippen molar-refractivity contribution < 1.29 is 4.48 Å². The molecule has 2 heteroatoms. The minimum Gasteiger partial charge on any atom is -0.299 e. The molecule has 1 nitrogen and oxygen atoms in total. The third kappa shape index (κ3) is 16.3. The number of hydrogen-bond donors (Lipinski definition) is 0. The normalized spacial score (nSPS) is 12.5. The Labute approximate surface area is 240 Å². The second-order valence-electron chi connectivity index (χ2n) is 11.2. The molecule has 0 saturated carbocycles. The molecular formula is C34H59IN+. The number of benzene rings is 1. The molecule has 1 aromatic rings. The van der Waals surface area contributed by atoms with E-state index in [0.29, 0.717) is 0 Å². The molecule has 0 aromatic heterocycles. The second kappa shape index (κ2) is 23.6. The molecule has 0 N–H and O–H groups in total. The summed E-state index contributed by atoms with van der Waals surface area (Å²) in [7, 11) is 0. The number of alkyl halides is 1. The summed E-state index contributed by atoms with van der Waals surface area (Å²) in [5, 5.41) is 0. The maximum atomic E-state index is 6.08. The van der Waals surface area contributed by atoms with Gasteiger partial charge in [-0.1, -0.05) is 147 Å². The lowest BCUT2D eigenvalue weighted by molar-refractivity contribution is -0.940. The Bertz CT molecular complexity index is 610. The van der Waals surface area contributed by atoms with Gasteiger partial charge < -0.3 is 0 Å². The predicted molar refractivity (Wildman–Crippen MR) is 170 cm³/mol. The zero-order valence-electron chi connectivity index (χ0n) is 24.1. The van der Waals surface area contributed by atoms with Gasteiger partial charge in [-0.3, -0.25) is 4.48 Å². The number of quaternary nitrogens is 1. The molecule has 0 aliphatic rings. The molecule has 0 aliphatic carbocycles. The largest absolute Gasteiger partial charge is 0.299 e. The zero-order chi connectivity index (χ0) is 26.2. The summed E-state index contributed by atoms with van der Waals surface area (Å²) >= 11 is 2.56. The number of nitrogens with zero attached hydrogens (tertiary/aromatic N) is 1. The first-order valence-corrected chi connectivity index (χ1v) is 16.9. The molecular weight excluding hydrogens is 549 g/mol. The standard InChI is InChI=1S/C34H59IN/c1-4-7-9-11-13-15-17-19-21-26-30-36(34(35)6-3,32-33-28-24-23-25-29-33)31-27-22-20-18-16-14-12-10-8-5-2/h3,23-25,28-29,34H,4-5,7-22,26-27,30-32H2,1-2H3/q+1. The van der Waals surface area contributed by atoms with Crippen molar-refractivity contribution in [2.45, 2.75) is 153 Å². The molecule has 0 radical (unpaired) electrons. The molecule has 0 fully saturated rings. The summed E-state index contributed by atoms with van der Waals surface area (Å²) in [5.74, 6) is 3.16. The van der Waals surface area contributed by atoms with E-state index in [4.69, 9.17) is 6.42 Å². The number of halogens is 1. The van der Waals surface area contributed by atoms with Crippen LogP contribution in [0.4, 0.5) is 0 Å². The molecule has 1 aromatic carbocycles. The fourth-order valence-electron chi connectivity index (χ4n) is 5.51. The van der Waals surface area contributed by atoms with Crippen molar-refractivity contribution in [3.8, 4) is 12.3 Å². The highest BCUT2D eigenvalue weighted by atomic mass is 127. The average Bonchev–Trinajstić information content (AvgIpc) is 2.90. The van der Waals surface area contributed by atoms with Gasteiger partial charge in [-0.2, -0.15) is 0 Å². The summed E-state index contributed by atoms with van der Waals surface area (Å²) in [6.07, 6.45) is 33.9. The van der Waals surface area contributed by atoms with Crippen molar-refractivity contribution >= 4 is 22.6 Å². The van der Waals surface area contributed by atoms with E-state index in [0.717, 1.165) is 11.0 Å². The van der Waals surface area contributed by atoms with E-state index in [1.54, 1.807) is 0 Å². The molecule has 0 spiro atoms. The van der Waals surface area contributed by atoms with E-state index in [-0.39, 0.29) is 4.05 Å². The van der Waals surface area contributed by atoms with Crippen LogP contribution in [0.3, 0.4) is 0 Å². The molecule has 0 saturated heterocycles. The third-order valence-electron chi connectivity index (χ3n) is 7.87. The smallest absolute Gasteiger partial charge is 0.200 e. The lowest BCUT2D eigenvalue weighted by Gasteiger charge is -2.41. The highest BCUT2D eigenvalue weighted by molar-refractivity contribution is 14.1. The maximum absolute atomic E-state index is 6.08. The van der Waals surface area contributed by atoms with Crippen LogP contribution in [0, 0.1) is 12.3 Å². The summed E-state index contributed by atoms with van der Waals surface area (Å²) in [4.78, 5) is 0. The Morgan fingerprint density at radius 2 is 0.972 bits per heavy atom. The number of hydrogen-bond acceptors (Lipinski definition) is 0. The average molecular weight is 609 g/mol. The summed E-state index contributed by atoms with van der Waals surface area (Å²) in [6, 6.07) is 11.1. The molecule has 1 unspecified atom stereocenters. The molecule has 1 atom stereocenters. The van der Waals surface area contributed by atoms with Crippen LogP contribution < -0.4 is 0 Å². The van der Waals surface area contributed by atoms with Crippen LogP contribution in [0.2, 0.25) is 0 Å². The fourth-order valence-corrected chi connectivity index (χ4v) is 6.26. The van der Waals surface area contributed by atoms with Crippen molar-refractivity contribution in [1.29, 1.82) is 0 Å². The van der Waals surface area contributed by atoms with E-state index in [1.165, 1.54) is 147 Å². The topological polar surface area (TPSA) is 0 Å². The van der Waals surface area contributed by atoms with Crippen molar-refractivity contribution in [3.05, 3.63) is 35.9 Å². The van der Waals surface area contributed by atoms with Gasteiger partial charge in [-0.25, -0.2) is 0 Å². The first kappa shape index (κ1) is 33.5. The van der Waals surface area contributed by atoms with Crippen LogP contribution in [-0.4, -0.2) is 21.6 Å². The van der Waals surface area contributed by atoms with E-state index < -0.39 is 0 Å². The lowest BCUT2D eigenvalue weighted by Crippen LogP contribution is -2.53. The van der Waals surface area contributed by atoms with Crippen LogP contribution in [-0.2, 0) is 6.54 Å². The van der Waals surface area contributed by atoms with Crippen molar-refractivity contribution in [2.75, 3.05) is 13.1 Å². The first-order chi connectivity index (χ1) is 17.7. The molecule has 36 heavy (non-hydrogen) atoms. The van der Waals surface area contributed by atoms with Gasteiger partial charge in [0.15, 0.2) is 0 Å². The van der Waals surface area contributed by atoms with Gasteiger partial charge in [0.1, 0.15) is 6.54 Å². The second-order valence-corrected chi connectivity index (χ2v) is 12.4. The number of rotatable bonds is 25. The van der Waals surface area contributed by atoms with Crippen LogP contribution in [0.15, 0.2) is 30.3 Å². The highest BCUT2D eigenvalue weighted by Crippen LogP contribution is 2.27. The Morgan fingerprint density at radius 3 is 1.33 bits per heavy atom. The van der Waals surface area contributed by atoms with Crippen LogP contribution in [0.1, 0.15) is 148 Å². The van der Waals surface area contributed by atoms with Gasteiger partial charge in [0.2, 0.25) is 4.05 Å². The maximum Gasteiger partial charge on any atom is 0.200 e. The van der Waals surface area contributed by atoms with Crippen LogP contribution in [0.5, 0.6) is 0 Å². The van der Waals surface area contributed by atoms with Crippen LogP contribution in [0.25, 0.3) is 0 Å². The first-order valence-electron chi connectivity index (χ1n) is 15.7. The SMILES string of the molecule is C#CC(I)[N+](CCCCCCCCCCCC)(CCCCCCCCCCCC)Cc1ccccc1. The van der Waals surface area contributed by atoms with Gasteiger partial charge in [0.05, 0.1) is 13.1 Å². The zero-order valence-corrected chi connectivity index (χ0v) is 26.3. The molecule has 0 aliphatic heterocycles. The van der Waals surface area contributed by atoms with Gasteiger partial charge in [0.25, 0.3) is 0 Å². The molecule has 0 bridgehead atoms. The van der Waals surface area contributed by atoms with E-state index in [9.17, 15) is 0 Å². The van der Waals surface area contributed by atoms with Crippen molar-refractivity contribution in [1.82, 2.24) is 0 Å². The van der Waals surface area contributed by atoms with Gasteiger partial charge in [0, 0.05) is 28.2 Å². The van der Waals surface area contributed by atoms with E-state index >= 15 is 0 Å². The molecule has 0 amide bonds. The lowest BCUT2D eigenvalue weighted by atomic mass is 10.0. The molecule has 1 rings (SSSR count). The van der Waals surface area contributed by atoms with Gasteiger partial charge >= 0.3 is 0 Å². The minimum atomic E-state index is 0.250. The third-order valence-corrected chi connectivity index (χ3v) is 9.41. The van der Waals surface area contributed by atoms with Gasteiger partial charge in [-0.15, -0.1) is 6.42 Å². The van der Waals surface area contributed by atoms with E-state index in [1.807, 2.05) is 0 Å². The van der Waals surface area contributed by atoms with Crippen molar-refractivity contribution in [2.24, 2.45) is 0 Å². The van der Waals surface area contributed by atoms with E-state index in [2.05, 4.69) is 72.7 Å². The summed E-state index contributed by atoms with van der Waals surface area (Å²) in [6.45, 7) is 8.12. The minimum absolute atomic E-state index is 0.250. The molecule has 0 heterocycles. The summed E-state index contributed by atoms with van der Waals surface area (Å²) in [5.41, 5.74) is 1.44.